The van der Waals surface area contributed by atoms with Gasteiger partial charge in [0.2, 0.25) is 17.7 Å². The summed E-state index contributed by atoms with van der Waals surface area (Å²) in [6, 6.07) is 13.2. The Labute approximate surface area is 175 Å². The van der Waals surface area contributed by atoms with Gasteiger partial charge in [-0.05, 0) is 37.1 Å². The highest BCUT2D eigenvalue weighted by atomic mass is 35.5. The Morgan fingerprint density at radius 1 is 1.14 bits per heavy atom. The third-order valence-corrected chi connectivity index (χ3v) is 5.45. The first-order valence-electron chi connectivity index (χ1n) is 9.49. The zero-order valence-corrected chi connectivity index (χ0v) is 17.3. The van der Waals surface area contributed by atoms with E-state index in [0.29, 0.717) is 23.8 Å². The van der Waals surface area contributed by atoms with Crippen LogP contribution in [0.25, 0.3) is 0 Å². The molecule has 29 heavy (non-hydrogen) atoms. The number of likely N-dealkylation sites (tertiary alicyclic amines) is 1. The molecule has 2 N–H and O–H groups in total. The number of benzene rings is 2. The van der Waals surface area contributed by atoms with Crippen molar-refractivity contribution in [1.82, 2.24) is 10.2 Å². The normalized spacial score (nSPS) is 16.0. The molecule has 0 aromatic heterocycles. The highest BCUT2D eigenvalue weighted by Gasteiger charge is 2.34. The second-order valence-corrected chi connectivity index (χ2v) is 7.75. The van der Waals surface area contributed by atoms with Crippen molar-refractivity contribution >= 4 is 35.0 Å². The van der Waals surface area contributed by atoms with Gasteiger partial charge in [0.1, 0.15) is 0 Å². The molecule has 1 saturated heterocycles. The number of halogens is 1. The first-order valence-corrected chi connectivity index (χ1v) is 9.87. The summed E-state index contributed by atoms with van der Waals surface area (Å²) in [7, 11) is 0. The number of hydrogen-bond donors (Lipinski definition) is 2. The van der Waals surface area contributed by atoms with E-state index in [0.717, 1.165) is 16.7 Å². The molecule has 3 amide bonds. The van der Waals surface area contributed by atoms with Gasteiger partial charge >= 0.3 is 0 Å². The maximum atomic E-state index is 12.4. The van der Waals surface area contributed by atoms with Crippen molar-refractivity contribution in [3.05, 3.63) is 64.2 Å². The van der Waals surface area contributed by atoms with Gasteiger partial charge in [0.25, 0.3) is 0 Å². The molecule has 0 bridgehead atoms. The van der Waals surface area contributed by atoms with Gasteiger partial charge in [0.05, 0.1) is 12.5 Å². The molecule has 1 fully saturated rings. The summed E-state index contributed by atoms with van der Waals surface area (Å²) in [5.41, 5.74) is 3.56. The molecule has 1 aliphatic heterocycles. The van der Waals surface area contributed by atoms with Gasteiger partial charge in [-0.2, -0.15) is 0 Å². The van der Waals surface area contributed by atoms with Crippen molar-refractivity contribution in [1.29, 1.82) is 0 Å². The Balaban J connectivity index is 1.49. The van der Waals surface area contributed by atoms with Crippen LogP contribution in [0, 0.1) is 19.8 Å². The summed E-state index contributed by atoms with van der Waals surface area (Å²) >= 11 is 6.05. The monoisotopic (exact) mass is 413 g/mol. The van der Waals surface area contributed by atoms with Crippen LogP contribution in [-0.2, 0) is 20.9 Å². The average molecular weight is 414 g/mol. The molecule has 0 saturated carbocycles. The number of nitrogens with zero attached hydrogens (tertiary/aromatic N) is 1. The van der Waals surface area contributed by atoms with Gasteiger partial charge in [-0.15, -0.1) is 0 Å². The van der Waals surface area contributed by atoms with E-state index < -0.39 is 5.92 Å². The first kappa shape index (κ1) is 20.9. The van der Waals surface area contributed by atoms with Crippen LogP contribution in [0.4, 0.5) is 5.69 Å². The zero-order chi connectivity index (χ0) is 21.0. The largest absolute Gasteiger partial charge is 0.347 e. The zero-order valence-electron chi connectivity index (χ0n) is 16.5. The van der Waals surface area contributed by atoms with Crippen LogP contribution in [0.5, 0.6) is 0 Å². The van der Waals surface area contributed by atoms with E-state index in [1.807, 2.05) is 38.1 Å². The van der Waals surface area contributed by atoms with Crippen LogP contribution < -0.4 is 10.6 Å². The lowest BCUT2D eigenvalue weighted by atomic mass is 10.1. The minimum absolute atomic E-state index is 0.0512. The van der Waals surface area contributed by atoms with Crippen LogP contribution >= 0.6 is 11.6 Å². The van der Waals surface area contributed by atoms with E-state index >= 15 is 0 Å². The van der Waals surface area contributed by atoms with E-state index in [2.05, 4.69) is 10.6 Å². The van der Waals surface area contributed by atoms with Gasteiger partial charge in [-0.3, -0.25) is 14.4 Å². The molecule has 0 unspecified atom stereocenters. The van der Waals surface area contributed by atoms with Crippen molar-refractivity contribution in [2.75, 3.05) is 18.4 Å². The Kier molecular flexibility index (Phi) is 6.54. The third kappa shape index (κ3) is 5.35. The van der Waals surface area contributed by atoms with E-state index in [-0.39, 0.29) is 30.7 Å². The molecule has 0 radical (unpaired) electrons. The van der Waals surface area contributed by atoms with Crippen LogP contribution in [0.3, 0.4) is 0 Å². The number of carbonyl (C=O) groups is 3. The van der Waals surface area contributed by atoms with Crippen molar-refractivity contribution < 1.29 is 14.4 Å². The number of nitrogens with one attached hydrogen (secondary N) is 2. The Morgan fingerprint density at radius 3 is 2.59 bits per heavy atom. The van der Waals surface area contributed by atoms with Crippen molar-refractivity contribution in [2.24, 2.45) is 5.92 Å². The molecule has 6 nitrogen and oxygen atoms in total. The Morgan fingerprint density at radius 2 is 1.86 bits per heavy atom. The second kappa shape index (κ2) is 9.09. The van der Waals surface area contributed by atoms with Crippen LogP contribution in [0.2, 0.25) is 5.02 Å². The molecule has 3 rings (SSSR count). The summed E-state index contributed by atoms with van der Waals surface area (Å²) in [5, 5.41) is 5.92. The molecule has 7 heteroatoms. The lowest BCUT2D eigenvalue weighted by molar-refractivity contribution is -0.129. The predicted octanol–water partition coefficient (Wildman–Crippen LogP) is 3.06. The molecule has 1 aliphatic rings. The average Bonchev–Trinajstić information content (AvgIpc) is 3.06. The maximum absolute atomic E-state index is 12.4. The molecule has 0 aliphatic carbocycles. The fraction of sp³-hybridized carbons (Fsp3) is 0.318. The van der Waals surface area contributed by atoms with Crippen molar-refractivity contribution in [3.8, 4) is 0 Å². The van der Waals surface area contributed by atoms with Gasteiger partial charge < -0.3 is 15.5 Å². The van der Waals surface area contributed by atoms with Gasteiger partial charge in [-0.1, -0.05) is 47.5 Å². The number of amides is 3. The summed E-state index contributed by atoms with van der Waals surface area (Å²) < 4.78 is 0. The minimum atomic E-state index is -0.450. The number of rotatable bonds is 6. The fourth-order valence-corrected chi connectivity index (χ4v) is 3.44. The first-order chi connectivity index (χ1) is 13.8. The molecule has 0 spiro atoms. The Hall–Kier alpha value is -2.86. The minimum Gasteiger partial charge on any atom is -0.347 e. The van der Waals surface area contributed by atoms with Gasteiger partial charge in [-0.25, -0.2) is 0 Å². The summed E-state index contributed by atoms with van der Waals surface area (Å²) in [4.78, 5) is 38.5. The lowest BCUT2D eigenvalue weighted by Gasteiger charge is -2.17. The summed E-state index contributed by atoms with van der Waals surface area (Å²) in [6.45, 7) is 4.50. The number of carbonyl (C=O) groups excluding carboxylic acids is 3. The number of hydrogen-bond acceptors (Lipinski definition) is 3. The molecule has 2 aromatic carbocycles. The standard InChI is InChI=1S/C22H24ClN3O3/c1-14-6-8-16(9-7-14)12-26-13-17(10-21(26)28)22(29)24-11-20(27)25-19-5-3-4-18(23)15(19)2/h3-9,17H,10-13H2,1-2H3,(H,24,29)(H,25,27)/t17-/m1/s1. The third-order valence-electron chi connectivity index (χ3n) is 5.04. The fourth-order valence-electron chi connectivity index (χ4n) is 3.26. The quantitative estimate of drug-likeness (QED) is 0.763. The molecule has 2 aromatic rings. The summed E-state index contributed by atoms with van der Waals surface area (Å²) in [5.74, 6) is -1.13. The SMILES string of the molecule is Cc1ccc(CN2C[C@H](C(=O)NCC(=O)Nc3cccc(Cl)c3C)CC2=O)cc1. The molecule has 152 valence electrons. The topological polar surface area (TPSA) is 78.5 Å². The van der Waals surface area contributed by atoms with Crippen LogP contribution in [-0.4, -0.2) is 35.7 Å². The smallest absolute Gasteiger partial charge is 0.243 e. The second-order valence-electron chi connectivity index (χ2n) is 7.34. The highest BCUT2D eigenvalue weighted by molar-refractivity contribution is 6.31. The van der Waals surface area contributed by atoms with Gasteiger partial charge in [0.15, 0.2) is 0 Å². The Bertz CT molecular complexity index is 927. The van der Waals surface area contributed by atoms with E-state index in [4.69, 9.17) is 11.6 Å². The number of aryl methyl sites for hydroxylation is 1. The molecular weight excluding hydrogens is 390 g/mol. The number of anilines is 1. The van der Waals surface area contributed by atoms with Crippen molar-refractivity contribution in [2.45, 2.75) is 26.8 Å². The van der Waals surface area contributed by atoms with Crippen molar-refractivity contribution in [3.63, 3.8) is 0 Å². The highest BCUT2D eigenvalue weighted by Crippen LogP contribution is 2.23. The van der Waals surface area contributed by atoms with E-state index in [1.165, 1.54) is 0 Å². The predicted molar refractivity (Wildman–Crippen MR) is 113 cm³/mol. The van der Waals surface area contributed by atoms with Crippen LogP contribution in [0.15, 0.2) is 42.5 Å². The van der Waals surface area contributed by atoms with E-state index in [9.17, 15) is 14.4 Å². The molecular formula is C22H24ClN3O3. The maximum Gasteiger partial charge on any atom is 0.243 e. The van der Waals surface area contributed by atoms with Crippen LogP contribution in [0.1, 0.15) is 23.1 Å². The molecule has 1 atom stereocenters. The summed E-state index contributed by atoms with van der Waals surface area (Å²) in [6.07, 6.45) is 0.159. The van der Waals surface area contributed by atoms with E-state index in [1.54, 1.807) is 23.1 Å². The lowest BCUT2D eigenvalue weighted by Crippen LogP contribution is -2.37. The van der Waals surface area contributed by atoms with Gasteiger partial charge in [0, 0.05) is 30.2 Å². The molecule has 1 heterocycles.